The first-order valence-corrected chi connectivity index (χ1v) is 9.89. The van der Waals surface area contributed by atoms with Crippen LogP contribution in [0.15, 0.2) is 80.9 Å². The van der Waals surface area contributed by atoms with Gasteiger partial charge in [0.05, 0.1) is 29.3 Å². The molecular formula is C23H19N5O5. The summed E-state index contributed by atoms with van der Waals surface area (Å²) >= 11 is 0. The molecule has 0 saturated carbocycles. The molecule has 10 nitrogen and oxygen atoms in total. The van der Waals surface area contributed by atoms with E-state index in [0.717, 1.165) is 0 Å². The maximum atomic E-state index is 13.0. The lowest BCUT2D eigenvalue weighted by molar-refractivity contribution is -0.402. The van der Waals surface area contributed by atoms with E-state index in [1.165, 1.54) is 29.1 Å². The van der Waals surface area contributed by atoms with Crippen molar-refractivity contribution in [3.05, 3.63) is 104 Å². The number of benzene rings is 2. The number of aliphatic imine (C=N–C) groups is 1. The number of rotatable bonds is 6. The molecule has 166 valence electrons. The molecule has 1 amide bonds. The zero-order chi connectivity index (χ0) is 23.5. The Hall–Kier alpha value is -4.73. The van der Waals surface area contributed by atoms with Crippen LogP contribution >= 0.6 is 0 Å². The number of carbonyl (C=O) groups excluding carboxylic acids is 1. The maximum Gasteiger partial charge on any atom is 0.433 e. The van der Waals surface area contributed by atoms with Gasteiger partial charge in [0, 0.05) is 12.6 Å². The van der Waals surface area contributed by atoms with Crippen molar-refractivity contribution in [3.63, 3.8) is 0 Å². The molecule has 1 N–H and O–H groups in total. The number of nitrogens with one attached hydrogen (secondary N) is 1. The van der Waals surface area contributed by atoms with Crippen LogP contribution in [0.4, 0.5) is 17.3 Å². The van der Waals surface area contributed by atoms with Crippen molar-refractivity contribution in [1.82, 2.24) is 9.36 Å². The number of hydrogen-bond donors (Lipinski definition) is 1. The molecule has 0 radical (unpaired) electrons. The predicted octanol–water partition coefficient (Wildman–Crippen LogP) is 3.99. The molecule has 2 aromatic heterocycles. The number of anilines is 1. The third kappa shape index (κ3) is 4.35. The van der Waals surface area contributed by atoms with E-state index >= 15 is 0 Å². The molecule has 0 aliphatic heterocycles. The van der Waals surface area contributed by atoms with Gasteiger partial charge < -0.3 is 9.73 Å². The van der Waals surface area contributed by atoms with Gasteiger partial charge in [0.25, 0.3) is 11.5 Å². The molecule has 0 spiro atoms. The van der Waals surface area contributed by atoms with Crippen molar-refractivity contribution in [2.45, 2.75) is 6.92 Å². The zero-order valence-electron chi connectivity index (χ0n) is 17.8. The summed E-state index contributed by atoms with van der Waals surface area (Å²) in [5.41, 5.74) is 1.86. The molecule has 4 rings (SSSR count). The second-order valence-electron chi connectivity index (χ2n) is 7.13. The SMILES string of the molecule is Cc1c(NC(=O)c2cccc(N=Cc3ccc([N+](=O)[O-])o3)c2)c(=O)n(-c2ccccc2)n1C. The van der Waals surface area contributed by atoms with E-state index in [1.54, 1.807) is 36.9 Å². The van der Waals surface area contributed by atoms with Crippen LogP contribution < -0.4 is 10.9 Å². The summed E-state index contributed by atoms with van der Waals surface area (Å²) in [5, 5.41) is 13.4. The molecule has 2 aromatic carbocycles. The molecule has 10 heteroatoms. The third-order valence-corrected chi connectivity index (χ3v) is 5.03. The molecule has 0 aliphatic rings. The number of furan rings is 1. The van der Waals surface area contributed by atoms with Crippen LogP contribution in [0.25, 0.3) is 5.69 Å². The van der Waals surface area contributed by atoms with Gasteiger partial charge in [-0.1, -0.05) is 24.3 Å². The van der Waals surface area contributed by atoms with Crippen molar-refractivity contribution >= 4 is 29.4 Å². The predicted molar refractivity (Wildman–Crippen MR) is 123 cm³/mol. The topological polar surface area (TPSA) is 125 Å². The minimum absolute atomic E-state index is 0.183. The highest BCUT2D eigenvalue weighted by Crippen LogP contribution is 2.19. The highest BCUT2D eigenvalue weighted by atomic mass is 16.6. The van der Waals surface area contributed by atoms with Gasteiger partial charge in [-0.25, -0.2) is 4.68 Å². The number of aromatic nitrogens is 2. The summed E-state index contributed by atoms with van der Waals surface area (Å²) in [7, 11) is 1.74. The number of hydrogen-bond acceptors (Lipinski definition) is 6. The molecule has 0 saturated heterocycles. The van der Waals surface area contributed by atoms with Gasteiger partial charge in [-0.2, -0.15) is 0 Å². The number of nitrogens with zero attached hydrogens (tertiary/aromatic N) is 4. The lowest BCUT2D eigenvalue weighted by Crippen LogP contribution is -2.22. The minimum Gasteiger partial charge on any atom is -0.400 e. The number of amides is 1. The number of nitro groups is 1. The van der Waals surface area contributed by atoms with E-state index in [4.69, 9.17) is 4.42 Å². The van der Waals surface area contributed by atoms with Crippen molar-refractivity contribution in [3.8, 4) is 5.69 Å². The van der Waals surface area contributed by atoms with Crippen LogP contribution in [-0.4, -0.2) is 26.4 Å². The lowest BCUT2D eigenvalue weighted by Gasteiger charge is -2.07. The van der Waals surface area contributed by atoms with Crippen molar-refractivity contribution in [2.24, 2.45) is 12.0 Å². The summed E-state index contributed by atoms with van der Waals surface area (Å²) in [5.74, 6) is -0.645. The van der Waals surface area contributed by atoms with Gasteiger partial charge in [0.2, 0.25) is 0 Å². The summed E-state index contributed by atoms with van der Waals surface area (Å²) < 4.78 is 8.19. The summed E-state index contributed by atoms with van der Waals surface area (Å²) in [4.78, 5) is 40.1. The van der Waals surface area contributed by atoms with Gasteiger partial charge in [-0.15, -0.1) is 0 Å². The van der Waals surface area contributed by atoms with Crippen LogP contribution in [-0.2, 0) is 7.05 Å². The van der Waals surface area contributed by atoms with Crippen LogP contribution in [0.1, 0.15) is 21.8 Å². The van der Waals surface area contributed by atoms with Crippen molar-refractivity contribution in [2.75, 3.05) is 5.32 Å². The van der Waals surface area contributed by atoms with E-state index in [-0.39, 0.29) is 22.9 Å². The smallest absolute Gasteiger partial charge is 0.400 e. The lowest BCUT2D eigenvalue weighted by atomic mass is 10.2. The first-order valence-electron chi connectivity index (χ1n) is 9.89. The molecule has 2 heterocycles. The fraction of sp³-hybridized carbons (Fsp3) is 0.0870. The highest BCUT2D eigenvalue weighted by Gasteiger charge is 2.19. The summed E-state index contributed by atoms with van der Waals surface area (Å²) in [6.07, 6.45) is 1.32. The second kappa shape index (κ2) is 8.79. The molecule has 0 bridgehead atoms. The first kappa shape index (κ1) is 21.5. The Morgan fingerprint density at radius 2 is 1.88 bits per heavy atom. The Morgan fingerprint density at radius 3 is 2.58 bits per heavy atom. The van der Waals surface area contributed by atoms with Crippen LogP contribution in [0, 0.1) is 17.0 Å². The largest absolute Gasteiger partial charge is 0.433 e. The van der Waals surface area contributed by atoms with Gasteiger partial charge in [0.15, 0.2) is 5.76 Å². The normalized spacial score (nSPS) is 11.1. The Labute approximate surface area is 187 Å². The van der Waals surface area contributed by atoms with E-state index in [0.29, 0.717) is 22.6 Å². The Balaban J connectivity index is 1.57. The molecule has 33 heavy (non-hydrogen) atoms. The fourth-order valence-electron chi connectivity index (χ4n) is 3.27. The van der Waals surface area contributed by atoms with Gasteiger partial charge in [0.1, 0.15) is 10.6 Å². The summed E-state index contributed by atoms with van der Waals surface area (Å²) in [6, 6.07) is 18.2. The van der Waals surface area contributed by atoms with Crippen molar-refractivity contribution in [1.29, 1.82) is 0 Å². The quantitative estimate of drug-likeness (QED) is 0.273. The Bertz CT molecular complexity index is 1430. The van der Waals surface area contributed by atoms with Gasteiger partial charge in [-0.3, -0.25) is 29.4 Å². The van der Waals surface area contributed by atoms with E-state index in [1.807, 2.05) is 30.3 Å². The maximum absolute atomic E-state index is 13.0. The van der Waals surface area contributed by atoms with E-state index in [2.05, 4.69) is 10.3 Å². The molecule has 0 unspecified atom stereocenters. The molecule has 0 aliphatic carbocycles. The second-order valence-corrected chi connectivity index (χ2v) is 7.13. The average Bonchev–Trinajstić information content (AvgIpc) is 3.38. The first-order chi connectivity index (χ1) is 15.8. The standard InChI is InChI=1S/C23H19N5O5/c1-15-21(23(30)27(26(15)2)18-9-4-3-5-10-18)25-22(29)16-7-6-8-17(13-16)24-14-19-11-12-20(33-19)28(31)32/h3-14H,1-2H3,(H,25,29). The molecule has 0 fully saturated rings. The van der Waals surface area contributed by atoms with E-state index < -0.39 is 10.8 Å². The van der Waals surface area contributed by atoms with Crippen LogP contribution in [0.2, 0.25) is 0 Å². The fourth-order valence-corrected chi connectivity index (χ4v) is 3.27. The van der Waals surface area contributed by atoms with Gasteiger partial charge in [-0.05, 0) is 43.3 Å². The molecular weight excluding hydrogens is 426 g/mol. The number of para-hydroxylation sites is 1. The number of carbonyl (C=O) groups is 1. The summed E-state index contributed by atoms with van der Waals surface area (Å²) in [6.45, 7) is 1.75. The Morgan fingerprint density at radius 1 is 1.12 bits per heavy atom. The average molecular weight is 445 g/mol. The van der Waals surface area contributed by atoms with Crippen molar-refractivity contribution < 1.29 is 14.1 Å². The molecule has 4 aromatic rings. The van der Waals surface area contributed by atoms with Gasteiger partial charge >= 0.3 is 5.88 Å². The minimum atomic E-state index is -0.639. The highest BCUT2D eigenvalue weighted by molar-refractivity contribution is 6.05. The third-order valence-electron chi connectivity index (χ3n) is 5.03. The van der Waals surface area contributed by atoms with Crippen LogP contribution in [0.3, 0.4) is 0 Å². The van der Waals surface area contributed by atoms with E-state index in [9.17, 15) is 19.7 Å². The zero-order valence-corrected chi connectivity index (χ0v) is 17.8. The monoisotopic (exact) mass is 445 g/mol. The van der Waals surface area contributed by atoms with Crippen LogP contribution in [0.5, 0.6) is 0 Å². The Kier molecular flexibility index (Phi) is 5.73. The molecule has 0 atom stereocenters.